The first-order chi connectivity index (χ1) is 14.9. The van der Waals surface area contributed by atoms with Crippen LogP contribution in [0.25, 0.3) is 5.70 Å². The molecule has 1 aliphatic heterocycles. The zero-order chi connectivity index (χ0) is 22.0. The van der Waals surface area contributed by atoms with Crippen LogP contribution in [0.5, 0.6) is 11.5 Å². The van der Waals surface area contributed by atoms with E-state index in [1.54, 1.807) is 6.07 Å². The summed E-state index contributed by atoms with van der Waals surface area (Å²) < 4.78 is 6.55. The molecule has 0 amide bonds. The molecule has 0 radical (unpaired) electrons. The van der Waals surface area contributed by atoms with Crippen molar-refractivity contribution < 1.29 is 15.2 Å². The molecule has 0 aliphatic carbocycles. The summed E-state index contributed by atoms with van der Waals surface area (Å²) in [6.07, 6.45) is 2.20. The highest BCUT2D eigenvalue weighted by atomic mass is 79.9. The topological polar surface area (TPSA) is 58.1 Å². The molecule has 2 atom stereocenters. The highest BCUT2D eigenvalue weighted by molar-refractivity contribution is 9.10. The number of nitrogens with one attached hydrogen (secondary N) is 1. The van der Waals surface area contributed by atoms with E-state index in [1.165, 1.54) is 16.7 Å². The molecular weight excluding hydrogens is 452 g/mol. The summed E-state index contributed by atoms with van der Waals surface area (Å²) in [4.78, 5) is 0. The van der Waals surface area contributed by atoms with Gasteiger partial charge in [0, 0.05) is 21.8 Å². The largest absolute Gasteiger partial charge is 0.507 e. The number of hydrogen-bond donors (Lipinski definition) is 3. The van der Waals surface area contributed by atoms with Gasteiger partial charge in [0.1, 0.15) is 17.5 Å². The van der Waals surface area contributed by atoms with E-state index in [0.717, 1.165) is 27.0 Å². The lowest BCUT2D eigenvalue weighted by atomic mass is 9.96. The number of benzene rings is 3. The van der Waals surface area contributed by atoms with Crippen LogP contribution in [-0.4, -0.2) is 11.7 Å². The Morgan fingerprint density at radius 2 is 1.77 bits per heavy atom. The Kier molecular flexibility index (Phi) is 6.35. The van der Waals surface area contributed by atoms with Gasteiger partial charge in [-0.25, -0.2) is 0 Å². The van der Waals surface area contributed by atoms with Crippen molar-refractivity contribution in [2.24, 2.45) is 0 Å². The Bertz CT molecular complexity index is 1110. The molecule has 5 heteroatoms. The lowest BCUT2D eigenvalue weighted by molar-refractivity contribution is -0.731. The molecule has 3 aromatic carbocycles. The smallest absolute Gasteiger partial charge is 0.186 e. The average Bonchev–Trinajstić information content (AvgIpc) is 2.76. The van der Waals surface area contributed by atoms with Crippen LogP contribution < -0.4 is 15.4 Å². The minimum Gasteiger partial charge on any atom is -0.507 e. The predicted octanol–water partition coefficient (Wildman–Crippen LogP) is 5.12. The first kappa shape index (κ1) is 21.5. The molecule has 1 aliphatic rings. The summed E-state index contributed by atoms with van der Waals surface area (Å²) in [5.41, 5.74) is 6.75. The normalized spacial score (nSPS) is 18.3. The van der Waals surface area contributed by atoms with Gasteiger partial charge < -0.3 is 20.5 Å². The lowest BCUT2D eigenvalue weighted by Crippen LogP contribution is -2.90. The zero-order valence-corrected chi connectivity index (χ0v) is 19.6. The SMILES string of the molecule is CCOc1ccc(C2=CC(c3cc(Br)ccc3O)[NH2+]C(c3ccc(C)cc3C)N2)cc1. The number of rotatable bonds is 5. The van der Waals surface area contributed by atoms with Crippen LogP contribution in [0.3, 0.4) is 0 Å². The fraction of sp³-hybridized carbons (Fsp3) is 0.231. The zero-order valence-electron chi connectivity index (χ0n) is 18.0. The van der Waals surface area contributed by atoms with Gasteiger partial charge in [0.05, 0.1) is 12.2 Å². The first-order valence-electron chi connectivity index (χ1n) is 10.6. The van der Waals surface area contributed by atoms with Gasteiger partial charge in [-0.2, -0.15) is 0 Å². The van der Waals surface area contributed by atoms with Crippen LogP contribution in [-0.2, 0) is 0 Å². The molecule has 0 aromatic heterocycles. The summed E-state index contributed by atoms with van der Waals surface area (Å²) in [5.74, 6) is 1.16. The summed E-state index contributed by atoms with van der Waals surface area (Å²) in [7, 11) is 0. The van der Waals surface area contributed by atoms with Crippen molar-refractivity contribution in [1.82, 2.24) is 5.32 Å². The third-order valence-corrected chi connectivity index (χ3v) is 6.14. The van der Waals surface area contributed by atoms with E-state index in [1.807, 2.05) is 31.2 Å². The quantitative estimate of drug-likeness (QED) is 0.475. The highest BCUT2D eigenvalue weighted by Gasteiger charge is 2.30. The molecule has 31 heavy (non-hydrogen) atoms. The number of aryl methyl sites for hydroxylation is 2. The molecule has 0 spiro atoms. The molecule has 0 bridgehead atoms. The van der Waals surface area contributed by atoms with Crippen LogP contribution in [0, 0.1) is 13.8 Å². The predicted molar refractivity (Wildman–Crippen MR) is 128 cm³/mol. The van der Waals surface area contributed by atoms with Crippen molar-refractivity contribution in [2.45, 2.75) is 33.0 Å². The van der Waals surface area contributed by atoms with Gasteiger partial charge in [0.25, 0.3) is 0 Å². The second-order valence-electron chi connectivity index (χ2n) is 7.94. The number of nitrogens with two attached hydrogens (primary N) is 1. The molecule has 1 heterocycles. The minimum atomic E-state index is -0.0361. The van der Waals surface area contributed by atoms with Gasteiger partial charge in [-0.3, -0.25) is 0 Å². The summed E-state index contributed by atoms with van der Waals surface area (Å²) >= 11 is 3.55. The third kappa shape index (κ3) is 4.78. The Balaban J connectivity index is 1.75. The molecule has 0 saturated heterocycles. The van der Waals surface area contributed by atoms with Gasteiger partial charge in [0.2, 0.25) is 0 Å². The summed E-state index contributed by atoms with van der Waals surface area (Å²) in [5, 5.41) is 16.5. The Morgan fingerprint density at radius 1 is 1.00 bits per heavy atom. The number of halogens is 1. The van der Waals surface area contributed by atoms with E-state index >= 15 is 0 Å². The van der Waals surface area contributed by atoms with Crippen molar-refractivity contribution in [3.05, 3.63) is 99.0 Å². The summed E-state index contributed by atoms with van der Waals surface area (Å²) in [6.45, 7) is 6.90. The van der Waals surface area contributed by atoms with E-state index < -0.39 is 0 Å². The number of phenols is 1. The maximum Gasteiger partial charge on any atom is 0.186 e. The van der Waals surface area contributed by atoms with Crippen LogP contribution in [0.2, 0.25) is 0 Å². The molecule has 160 valence electrons. The molecular formula is C26H28BrN2O2+. The van der Waals surface area contributed by atoms with E-state index in [-0.39, 0.29) is 12.2 Å². The number of phenolic OH excluding ortho intramolecular Hbond substituents is 1. The number of quaternary nitrogens is 1. The Morgan fingerprint density at radius 3 is 2.48 bits per heavy atom. The molecule has 2 unspecified atom stereocenters. The Labute approximate surface area is 192 Å². The molecule has 4 nitrogen and oxygen atoms in total. The minimum absolute atomic E-state index is 0.0237. The van der Waals surface area contributed by atoms with E-state index in [4.69, 9.17) is 4.74 Å². The van der Waals surface area contributed by atoms with Gasteiger partial charge in [0.15, 0.2) is 6.17 Å². The molecule has 0 fully saturated rings. The van der Waals surface area contributed by atoms with Crippen molar-refractivity contribution in [3.8, 4) is 11.5 Å². The van der Waals surface area contributed by atoms with Crippen molar-refractivity contribution >= 4 is 21.6 Å². The van der Waals surface area contributed by atoms with E-state index in [0.29, 0.717) is 12.4 Å². The molecule has 4 N–H and O–H groups in total. The fourth-order valence-electron chi connectivity index (χ4n) is 4.12. The third-order valence-electron chi connectivity index (χ3n) is 5.64. The summed E-state index contributed by atoms with van der Waals surface area (Å²) in [6, 6.07) is 20.3. The van der Waals surface area contributed by atoms with Crippen LogP contribution >= 0.6 is 15.9 Å². The standard InChI is InChI=1S/C26H27BrN2O2/c1-4-31-20-9-6-18(7-10-20)23-15-24(22-14-19(27)8-12-25(22)30)29-26(28-23)21-11-5-16(2)13-17(21)3/h5-15,24,26,28-30H,4H2,1-3H3/p+1. The number of hydrogen-bond acceptors (Lipinski definition) is 3. The maximum atomic E-state index is 10.6. The van der Waals surface area contributed by atoms with Gasteiger partial charge >= 0.3 is 0 Å². The number of ether oxygens (including phenoxy) is 1. The van der Waals surface area contributed by atoms with Gasteiger partial charge in [-0.05, 0) is 74.4 Å². The lowest BCUT2D eigenvalue weighted by Gasteiger charge is -2.31. The molecule has 4 rings (SSSR count). The van der Waals surface area contributed by atoms with E-state index in [9.17, 15) is 5.11 Å². The highest BCUT2D eigenvalue weighted by Crippen LogP contribution is 2.32. The van der Waals surface area contributed by atoms with Gasteiger partial charge in [-0.15, -0.1) is 0 Å². The van der Waals surface area contributed by atoms with Crippen LogP contribution in [0.4, 0.5) is 0 Å². The fourth-order valence-corrected chi connectivity index (χ4v) is 4.50. The van der Waals surface area contributed by atoms with Crippen molar-refractivity contribution in [2.75, 3.05) is 6.61 Å². The van der Waals surface area contributed by atoms with Crippen molar-refractivity contribution in [1.29, 1.82) is 0 Å². The van der Waals surface area contributed by atoms with Crippen molar-refractivity contribution in [3.63, 3.8) is 0 Å². The second-order valence-corrected chi connectivity index (χ2v) is 8.86. The van der Waals surface area contributed by atoms with Gasteiger partial charge in [-0.1, -0.05) is 39.7 Å². The molecule has 3 aromatic rings. The monoisotopic (exact) mass is 479 g/mol. The van der Waals surface area contributed by atoms with Crippen LogP contribution in [0.1, 0.15) is 46.9 Å². The van der Waals surface area contributed by atoms with E-state index in [2.05, 4.69) is 76.8 Å². The second kappa shape index (κ2) is 9.16. The molecule has 0 saturated carbocycles. The number of aromatic hydroxyl groups is 1. The Hall–Kier alpha value is -2.76. The maximum absolute atomic E-state index is 10.6. The average molecular weight is 480 g/mol. The first-order valence-corrected chi connectivity index (χ1v) is 11.4. The van der Waals surface area contributed by atoms with Crippen LogP contribution in [0.15, 0.2) is 71.2 Å².